The summed E-state index contributed by atoms with van der Waals surface area (Å²) in [6, 6.07) is 15.2. The van der Waals surface area contributed by atoms with Crippen molar-refractivity contribution >= 4 is 16.9 Å². The molecule has 3 aromatic heterocycles. The van der Waals surface area contributed by atoms with Gasteiger partial charge in [0.25, 0.3) is 5.91 Å². The second kappa shape index (κ2) is 10.7. The van der Waals surface area contributed by atoms with E-state index in [4.69, 9.17) is 9.15 Å². The number of furan rings is 1. The van der Waals surface area contributed by atoms with Crippen LogP contribution in [0.1, 0.15) is 29.8 Å². The number of hydrogen-bond acceptors (Lipinski definition) is 7. The number of para-hydroxylation sites is 1. The number of amides is 1. The zero-order valence-electron chi connectivity index (χ0n) is 21.4. The number of aliphatic hydroxyl groups is 1. The molecule has 192 valence electrons. The quantitative estimate of drug-likeness (QED) is 0.406. The number of benzene rings is 1. The van der Waals surface area contributed by atoms with Crippen LogP contribution in [0.15, 0.2) is 71.5 Å². The molecule has 8 heteroatoms. The number of aromatic nitrogens is 2. The monoisotopic (exact) mass is 500 g/mol. The van der Waals surface area contributed by atoms with E-state index < -0.39 is 0 Å². The predicted molar refractivity (Wildman–Crippen MR) is 141 cm³/mol. The molecule has 8 nitrogen and oxygen atoms in total. The Morgan fingerprint density at radius 1 is 1.19 bits per heavy atom. The lowest BCUT2D eigenvalue weighted by Gasteiger charge is -2.37. The molecule has 5 rings (SSSR count). The summed E-state index contributed by atoms with van der Waals surface area (Å²) < 4.78 is 12.5. The van der Waals surface area contributed by atoms with Gasteiger partial charge in [0.05, 0.1) is 12.6 Å². The van der Waals surface area contributed by atoms with Gasteiger partial charge in [-0.05, 0) is 49.9 Å². The highest BCUT2D eigenvalue weighted by Gasteiger charge is 2.34. The Balaban J connectivity index is 1.47. The van der Waals surface area contributed by atoms with Crippen LogP contribution in [0.2, 0.25) is 0 Å². The van der Waals surface area contributed by atoms with Crippen LogP contribution in [0, 0.1) is 5.92 Å². The summed E-state index contributed by atoms with van der Waals surface area (Å²) in [6.07, 6.45) is 5.06. The van der Waals surface area contributed by atoms with Crippen LogP contribution in [0.5, 0.6) is 5.88 Å². The number of aliphatic hydroxyl groups excluding tert-OH is 1. The first kappa shape index (κ1) is 24.9. The van der Waals surface area contributed by atoms with Crippen LogP contribution in [0.4, 0.5) is 0 Å². The molecule has 4 aromatic rings. The molecule has 1 aliphatic rings. The topological polar surface area (TPSA) is 91.9 Å². The van der Waals surface area contributed by atoms with Crippen molar-refractivity contribution in [1.29, 1.82) is 0 Å². The van der Waals surface area contributed by atoms with Crippen molar-refractivity contribution in [3.05, 3.63) is 78.2 Å². The summed E-state index contributed by atoms with van der Waals surface area (Å²) in [5.74, 6) is 0.740. The lowest BCUT2D eigenvalue weighted by atomic mass is 9.99. The Bertz CT molecular complexity index is 1340. The third kappa shape index (κ3) is 5.35. The van der Waals surface area contributed by atoms with Gasteiger partial charge in [-0.25, -0.2) is 4.98 Å². The number of carbonyl (C=O) groups is 1. The van der Waals surface area contributed by atoms with E-state index in [2.05, 4.69) is 21.8 Å². The van der Waals surface area contributed by atoms with E-state index in [1.807, 2.05) is 56.4 Å². The molecule has 0 saturated heterocycles. The number of rotatable bonds is 7. The van der Waals surface area contributed by atoms with E-state index in [9.17, 15) is 9.90 Å². The molecule has 0 unspecified atom stereocenters. The summed E-state index contributed by atoms with van der Waals surface area (Å²) in [6.45, 7) is 5.65. The summed E-state index contributed by atoms with van der Waals surface area (Å²) in [4.78, 5) is 26.3. The number of fused-ring (bicyclic) bond motifs is 2. The molecular formula is C29H32N4O4. The first-order chi connectivity index (χ1) is 17.9. The Morgan fingerprint density at radius 3 is 2.73 bits per heavy atom. The van der Waals surface area contributed by atoms with E-state index in [-0.39, 0.29) is 30.6 Å². The second-order valence-corrected chi connectivity index (χ2v) is 9.90. The van der Waals surface area contributed by atoms with Gasteiger partial charge in [0.2, 0.25) is 5.88 Å². The van der Waals surface area contributed by atoms with E-state index >= 15 is 0 Å². The number of ether oxygens (including phenoxy) is 1. The van der Waals surface area contributed by atoms with Crippen molar-refractivity contribution in [1.82, 2.24) is 19.8 Å². The van der Waals surface area contributed by atoms with Crippen molar-refractivity contribution in [3.63, 3.8) is 0 Å². The Morgan fingerprint density at radius 2 is 1.97 bits per heavy atom. The zero-order chi connectivity index (χ0) is 25.9. The van der Waals surface area contributed by atoms with E-state index in [1.165, 1.54) is 0 Å². The highest BCUT2D eigenvalue weighted by Crippen LogP contribution is 2.33. The average molecular weight is 501 g/mol. The molecule has 4 heterocycles. The fraction of sp³-hybridized carbons (Fsp3) is 0.345. The van der Waals surface area contributed by atoms with E-state index in [0.717, 1.165) is 23.1 Å². The molecule has 37 heavy (non-hydrogen) atoms. The van der Waals surface area contributed by atoms with Gasteiger partial charge in [-0.1, -0.05) is 25.1 Å². The number of carbonyl (C=O) groups excluding carboxylic acids is 1. The lowest BCUT2D eigenvalue weighted by Crippen LogP contribution is -2.49. The first-order valence-electron chi connectivity index (χ1n) is 12.6. The summed E-state index contributed by atoms with van der Waals surface area (Å²) in [5.41, 5.74) is 3.00. The van der Waals surface area contributed by atoms with Gasteiger partial charge in [0, 0.05) is 55.1 Å². The van der Waals surface area contributed by atoms with Gasteiger partial charge < -0.3 is 19.2 Å². The Kier molecular flexibility index (Phi) is 7.21. The highest BCUT2D eigenvalue weighted by molar-refractivity contribution is 5.98. The van der Waals surface area contributed by atoms with Crippen LogP contribution in [-0.2, 0) is 6.54 Å². The molecular weight excluding hydrogens is 468 g/mol. The standard InChI is InChI=1S/C29H32N4O4/c1-19-15-33(20(2)18-34)29(35)24-12-23(26-13-22-6-4-5-7-25(22)36-26)14-31-28(24)37-27(19)17-32(3)16-21-8-10-30-11-9-21/h4-14,19-20,27,34H,15-18H2,1-3H3/t19-,20+,27-/m0/s1. The molecule has 0 fully saturated rings. The van der Waals surface area contributed by atoms with Crippen molar-refractivity contribution < 1.29 is 19.1 Å². The highest BCUT2D eigenvalue weighted by atomic mass is 16.5. The fourth-order valence-corrected chi connectivity index (χ4v) is 4.75. The summed E-state index contributed by atoms with van der Waals surface area (Å²) in [5, 5.41) is 10.9. The third-order valence-electron chi connectivity index (χ3n) is 6.92. The Labute approximate surface area is 216 Å². The maximum Gasteiger partial charge on any atom is 0.259 e. The molecule has 1 aliphatic heterocycles. The lowest BCUT2D eigenvalue weighted by molar-refractivity contribution is 0.0325. The molecule has 0 spiro atoms. The molecule has 1 N–H and O–H groups in total. The average Bonchev–Trinajstić information content (AvgIpc) is 3.35. The van der Waals surface area contributed by atoms with E-state index in [1.54, 1.807) is 29.6 Å². The number of nitrogens with zero attached hydrogens (tertiary/aromatic N) is 4. The number of likely N-dealkylation sites (N-methyl/N-ethyl adjacent to an activating group) is 1. The fourth-order valence-electron chi connectivity index (χ4n) is 4.75. The van der Waals surface area contributed by atoms with Crippen LogP contribution in [0.3, 0.4) is 0 Å². The predicted octanol–water partition coefficient (Wildman–Crippen LogP) is 4.24. The zero-order valence-corrected chi connectivity index (χ0v) is 21.4. The normalized spacial score (nSPS) is 18.8. The molecule has 1 amide bonds. The summed E-state index contributed by atoms with van der Waals surface area (Å²) >= 11 is 0. The van der Waals surface area contributed by atoms with Crippen LogP contribution < -0.4 is 4.74 Å². The first-order valence-corrected chi connectivity index (χ1v) is 12.6. The maximum atomic E-state index is 13.7. The van der Waals surface area contributed by atoms with Crippen molar-refractivity contribution in [3.8, 4) is 17.2 Å². The van der Waals surface area contributed by atoms with Gasteiger partial charge in [0.15, 0.2) is 0 Å². The minimum absolute atomic E-state index is 0.0165. The Hall–Kier alpha value is -3.75. The molecule has 0 saturated carbocycles. The smallest absolute Gasteiger partial charge is 0.259 e. The van der Waals surface area contributed by atoms with E-state index in [0.29, 0.717) is 35.9 Å². The van der Waals surface area contributed by atoms with Gasteiger partial charge in [-0.15, -0.1) is 0 Å². The van der Waals surface area contributed by atoms with Gasteiger partial charge in [-0.3, -0.25) is 14.7 Å². The molecule has 0 radical (unpaired) electrons. The number of pyridine rings is 2. The third-order valence-corrected chi connectivity index (χ3v) is 6.92. The van der Waals surface area contributed by atoms with Gasteiger partial charge in [-0.2, -0.15) is 0 Å². The maximum absolute atomic E-state index is 13.7. The SMILES string of the molecule is C[C@H](CO)N1C[C@H](C)[C@H](CN(C)Cc2ccncc2)Oc2ncc(-c3cc4ccccc4o3)cc2C1=O. The van der Waals surface area contributed by atoms with Crippen LogP contribution in [-0.4, -0.2) is 69.7 Å². The molecule has 0 aliphatic carbocycles. The van der Waals surface area contributed by atoms with Crippen molar-refractivity contribution in [2.24, 2.45) is 5.92 Å². The minimum Gasteiger partial charge on any atom is -0.472 e. The number of hydrogen-bond donors (Lipinski definition) is 1. The van der Waals surface area contributed by atoms with Crippen LogP contribution in [0.25, 0.3) is 22.3 Å². The largest absolute Gasteiger partial charge is 0.472 e. The summed E-state index contributed by atoms with van der Waals surface area (Å²) in [7, 11) is 2.05. The molecule has 1 aromatic carbocycles. The van der Waals surface area contributed by atoms with Crippen molar-refractivity contribution in [2.75, 3.05) is 26.7 Å². The van der Waals surface area contributed by atoms with Gasteiger partial charge >= 0.3 is 0 Å². The van der Waals surface area contributed by atoms with Crippen molar-refractivity contribution in [2.45, 2.75) is 32.5 Å². The minimum atomic E-state index is -0.342. The molecule has 0 bridgehead atoms. The van der Waals surface area contributed by atoms with Gasteiger partial charge in [0.1, 0.15) is 23.0 Å². The van der Waals surface area contributed by atoms with Crippen LogP contribution >= 0.6 is 0 Å². The second-order valence-electron chi connectivity index (χ2n) is 9.90. The molecule has 3 atom stereocenters.